The van der Waals surface area contributed by atoms with Crippen molar-refractivity contribution in [3.8, 4) is 0 Å². The molecule has 22 heavy (non-hydrogen) atoms. The van der Waals surface area contributed by atoms with E-state index in [0.717, 1.165) is 5.56 Å². The Labute approximate surface area is 130 Å². The number of carbonyl (C=O) groups is 2. The lowest BCUT2D eigenvalue weighted by Crippen LogP contribution is -2.20. The zero-order valence-corrected chi connectivity index (χ0v) is 12.5. The molecule has 0 fully saturated rings. The molecule has 1 unspecified atom stereocenters. The number of aryl methyl sites for hydroxylation is 1. The van der Waals surface area contributed by atoms with Crippen molar-refractivity contribution in [1.29, 1.82) is 0 Å². The molecule has 0 saturated carbocycles. The van der Waals surface area contributed by atoms with Gasteiger partial charge in [0.15, 0.2) is 0 Å². The van der Waals surface area contributed by atoms with Crippen molar-refractivity contribution in [2.24, 2.45) is 5.92 Å². The number of aliphatic carboxylic acids is 2. The van der Waals surface area contributed by atoms with Crippen molar-refractivity contribution < 1.29 is 19.8 Å². The summed E-state index contributed by atoms with van der Waals surface area (Å²) in [5.74, 6) is -3.01. The topological polar surface area (TPSA) is 74.6 Å². The minimum atomic E-state index is -1.08. The summed E-state index contributed by atoms with van der Waals surface area (Å²) >= 11 is 0. The largest absolute Gasteiger partial charge is 0.481 e. The van der Waals surface area contributed by atoms with E-state index in [4.69, 9.17) is 10.2 Å². The Balaban J connectivity index is 0.000000287. The van der Waals surface area contributed by atoms with Crippen LogP contribution in [0.5, 0.6) is 0 Å². The summed E-state index contributed by atoms with van der Waals surface area (Å²) in [5.41, 5.74) is 2.16. The molecule has 0 spiro atoms. The normalized spacial score (nSPS) is 11.0. The van der Waals surface area contributed by atoms with Crippen molar-refractivity contribution in [3.63, 3.8) is 0 Å². The van der Waals surface area contributed by atoms with E-state index in [1.807, 2.05) is 24.3 Å². The molecule has 0 bridgehead atoms. The number of hydrogen-bond acceptors (Lipinski definition) is 2. The summed E-state index contributed by atoms with van der Waals surface area (Å²) in [5, 5.41) is 17.4. The van der Waals surface area contributed by atoms with Crippen LogP contribution in [0.15, 0.2) is 60.7 Å². The molecule has 2 rings (SSSR count). The van der Waals surface area contributed by atoms with Crippen LogP contribution in [0.4, 0.5) is 0 Å². The molecule has 116 valence electrons. The van der Waals surface area contributed by atoms with Gasteiger partial charge < -0.3 is 10.2 Å². The van der Waals surface area contributed by atoms with Crippen molar-refractivity contribution in [1.82, 2.24) is 0 Å². The lowest BCUT2D eigenvalue weighted by molar-refractivity contribution is -0.148. The molecule has 2 N–H and O–H groups in total. The number of rotatable bonds is 5. The fourth-order valence-electron chi connectivity index (χ4n) is 1.89. The van der Waals surface area contributed by atoms with Crippen molar-refractivity contribution in [2.45, 2.75) is 19.8 Å². The lowest BCUT2D eigenvalue weighted by Gasteiger charge is -2.09. The summed E-state index contributed by atoms with van der Waals surface area (Å²) in [6.45, 7) is 2.08. The molecule has 0 saturated heterocycles. The standard InChI is InChI=1S/C11H12O4.C7H8/c12-10(13)7-9(11(14)15)6-8-4-2-1-3-5-8;1-7-5-3-2-4-6-7/h1-5,9H,6-7H2,(H,12,13)(H,14,15);2-6H,1H3. The minimum Gasteiger partial charge on any atom is -0.481 e. The van der Waals surface area contributed by atoms with Gasteiger partial charge in [-0.25, -0.2) is 0 Å². The number of hydrogen-bond donors (Lipinski definition) is 2. The second kappa shape index (κ2) is 9.34. The van der Waals surface area contributed by atoms with Gasteiger partial charge in [0.25, 0.3) is 0 Å². The quantitative estimate of drug-likeness (QED) is 0.887. The predicted octanol–water partition coefficient (Wildman–Crippen LogP) is 3.40. The highest BCUT2D eigenvalue weighted by atomic mass is 16.4. The van der Waals surface area contributed by atoms with E-state index >= 15 is 0 Å². The van der Waals surface area contributed by atoms with Crippen LogP contribution in [0, 0.1) is 12.8 Å². The summed E-state index contributed by atoms with van der Waals surface area (Å²) in [6.07, 6.45) is -0.0906. The Kier molecular flexibility index (Phi) is 7.40. The molecular weight excluding hydrogens is 280 g/mol. The summed E-state index contributed by atoms with van der Waals surface area (Å²) < 4.78 is 0. The average Bonchev–Trinajstić information content (AvgIpc) is 2.48. The summed E-state index contributed by atoms with van der Waals surface area (Å²) in [4.78, 5) is 21.2. The fraction of sp³-hybridized carbons (Fsp3) is 0.222. The van der Waals surface area contributed by atoms with Crippen LogP contribution < -0.4 is 0 Å². The highest BCUT2D eigenvalue weighted by molar-refractivity contribution is 5.77. The highest BCUT2D eigenvalue weighted by Gasteiger charge is 2.20. The predicted molar refractivity (Wildman–Crippen MR) is 84.7 cm³/mol. The van der Waals surface area contributed by atoms with E-state index in [0.29, 0.717) is 0 Å². The zero-order chi connectivity index (χ0) is 16.4. The molecule has 0 heterocycles. The van der Waals surface area contributed by atoms with E-state index in [1.165, 1.54) is 5.56 Å². The van der Waals surface area contributed by atoms with Crippen LogP contribution in [0.25, 0.3) is 0 Å². The first-order chi connectivity index (χ1) is 10.5. The van der Waals surface area contributed by atoms with E-state index in [1.54, 1.807) is 24.3 Å². The third-order valence-corrected chi connectivity index (χ3v) is 3.04. The van der Waals surface area contributed by atoms with Crippen LogP contribution in [-0.4, -0.2) is 22.2 Å². The van der Waals surface area contributed by atoms with E-state index in [2.05, 4.69) is 19.1 Å². The minimum absolute atomic E-state index is 0.252. The zero-order valence-electron chi connectivity index (χ0n) is 12.5. The maximum Gasteiger partial charge on any atom is 0.307 e. The molecule has 0 amide bonds. The van der Waals surface area contributed by atoms with Crippen LogP contribution in [0.3, 0.4) is 0 Å². The SMILES string of the molecule is Cc1ccccc1.O=C(O)CC(Cc1ccccc1)C(=O)O. The van der Waals surface area contributed by atoms with Gasteiger partial charge in [-0.2, -0.15) is 0 Å². The molecular formula is C18H20O4. The Morgan fingerprint density at radius 1 is 0.909 bits per heavy atom. The Morgan fingerprint density at radius 2 is 1.41 bits per heavy atom. The number of carboxylic acids is 2. The van der Waals surface area contributed by atoms with Gasteiger partial charge in [0.05, 0.1) is 12.3 Å². The molecule has 0 aliphatic carbocycles. The molecule has 2 aromatic rings. The Bertz CT molecular complexity index is 579. The van der Waals surface area contributed by atoms with Gasteiger partial charge in [0, 0.05) is 0 Å². The van der Waals surface area contributed by atoms with Gasteiger partial charge >= 0.3 is 11.9 Å². The van der Waals surface area contributed by atoms with Gasteiger partial charge in [-0.3, -0.25) is 9.59 Å². The molecule has 0 aliphatic heterocycles. The first-order valence-corrected chi connectivity index (χ1v) is 6.99. The second-order valence-corrected chi connectivity index (χ2v) is 4.98. The van der Waals surface area contributed by atoms with Crippen LogP contribution in [-0.2, 0) is 16.0 Å². The molecule has 0 aromatic heterocycles. The first-order valence-electron chi connectivity index (χ1n) is 6.99. The van der Waals surface area contributed by atoms with Crippen LogP contribution in [0.1, 0.15) is 17.5 Å². The van der Waals surface area contributed by atoms with Gasteiger partial charge in [-0.05, 0) is 18.9 Å². The molecule has 4 nitrogen and oxygen atoms in total. The Hall–Kier alpha value is -2.62. The molecule has 4 heteroatoms. The van der Waals surface area contributed by atoms with Crippen molar-refractivity contribution in [2.75, 3.05) is 0 Å². The first kappa shape index (κ1) is 17.4. The molecule has 1 atom stereocenters. The third kappa shape index (κ3) is 7.24. The molecule has 0 radical (unpaired) electrons. The Morgan fingerprint density at radius 3 is 1.77 bits per heavy atom. The van der Waals surface area contributed by atoms with Crippen molar-refractivity contribution in [3.05, 3.63) is 71.8 Å². The van der Waals surface area contributed by atoms with Gasteiger partial charge in [-0.15, -0.1) is 0 Å². The monoisotopic (exact) mass is 300 g/mol. The maximum atomic E-state index is 10.8. The van der Waals surface area contributed by atoms with Gasteiger partial charge in [-0.1, -0.05) is 66.2 Å². The average molecular weight is 300 g/mol. The van der Waals surface area contributed by atoms with Crippen LogP contribution in [0.2, 0.25) is 0 Å². The fourth-order valence-corrected chi connectivity index (χ4v) is 1.89. The maximum absolute atomic E-state index is 10.8. The lowest BCUT2D eigenvalue weighted by atomic mass is 9.96. The smallest absolute Gasteiger partial charge is 0.307 e. The molecule has 0 aliphatic rings. The summed E-state index contributed by atoms with van der Waals surface area (Å²) in [7, 11) is 0. The van der Waals surface area contributed by atoms with Gasteiger partial charge in [0.1, 0.15) is 0 Å². The van der Waals surface area contributed by atoms with Crippen LogP contribution >= 0.6 is 0 Å². The number of benzene rings is 2. The van der Waals surface area contributed by atoms with Gasteiger partial charge in [0.2, 0.25) is 0 Å². The number of carboxylic acid groups (broad SMARTS) is 2. The van der Waals surface area contributed by atoms with E-state index in [-0.39, 0.29) is 12.8 Å². The highest BCUT2D eigenvalue weighted by Crippen LogP contribution is 2.12. The summed E-state index contributed by atoms with van der Waals surface area (Å²) in [6, 6.07) is 19.3. The molecule has 2 aromatic carbocycles. The second-order valence-electron chi connectivity index (χ2n) is 4.98. The van der Waals surface area contributed by atoms with E-state index in [9.17, 15) is 9.59 Å². The third-order valence-electron chi connectivity index (χ3n) is 3.04. The van der Waals surface area contributed by atoms with Crippen molar-refractivity contribution >= 4 is 11.9 Å². The van der Waals surface area contributed by atoms with E-state index < -0.39 is 17.9 Å².